The van der Waals surface area contributed by atoms with Crippen LogP contribution < -0.4 is 5.32 Å². The lowest BCUT2D eigenvalue weighted by atomic mass is 10.0. The topological polar surface area (TPSA) is 111 Å². The standard InChI is InChI=1S/C64H125N2O7P/c1-7-10-13-16-19-22-25-28-30-31-32-33-34-35-37-38-41-44-47-50-53-56-63(67)65-61(60-72-74(69,70)71-59-58-66(4,5)6)62(55-52-49-46-43-40-27-24-21-18-15-12-9-3)73-64(68)57-54-51-48-45-42-39-36-29-26-23-20-17-14-11-8-2/h28,30,52,55,61-62H,7-27,29,31-51,53-54,56-60H2,1-6H3,(H-,65,67,69,70)/p+1/b30-28+,55-52-. The quantitative estimate of drug-likeness (QED) is 0.0205. The fourth-order valence-corrected chi connectivity index (χ4v) is 10.4. The summed E-state index contributed by atoms with van der Waals surface area (Å²) >= 11 is 0. The van der Waals surface area contributed by atoms with Crippen LogP contribution in [0.4, 0.5) is 0 Å². The van der Waals surface area contributed by atoms with Crippen LogP contribution in [0.2, 0.25) is 0 Å². The summed E-state index contributed by atoms with van der Waals surface area (Å²) in [5, 5.41) is 3.07. The molecule has 0 rings (SSSR count). The van der Waals surface area contributed by atoms with Crippen LogP contribution in [0.15, 0.2) is 24.3 Å². The Hall–Kier alpha value is -1.51. The second-order valence-electron chi connectivity index (χ2n) is 23.3. The summed E-state index contributed by atoms with van der Waals surface area (Å²) in [6.07, 6.45) is 64.6. The lowest BCUT2D eigenvalue weighted by Crippen LogP contribution is -2.47. The molecule has 0 aromatic carbocycles. The maximum atomic E-state index is 13.6. The van der Waals surface area contributed by atoms with E-state index in [4.69, 9.17) is 13.8 Å². The number of carbonyl (C=O) groups is 2. The number of carbonyl (C=O) groups excluding carboxylic acids is 2. The second kappa shape index (κ2) is 54.8. The Labute approximate surface area is 460 Å². The first-order valence-electron chi connectivity index (χ1n) is 32.2. The van der Waals surface area contributed by atoms with Crippen molar-refractivity contribution in [1.82, 2.24) is 5.32 Å². The Morgan fingerprint density at radius 1 is 0.459 bits per heavy atom. The van der Waals surface area contributed by atoms with Crippen LogP contribution in [0.3, 0.4) is 0 Å². The number of phosphoric acid groups is 1. The molecule has 0 spiro atoms. The summed E-state index contributed by atoms with van der Waals surface area (Å²) in [6, 6.07) is -0.842. The summed E-state index contributed by atoms with van der Waals surface area (Å²) < 4.78 is 30.7. The minimum atomic E-state index is -4.44. The number of nitrogens with one attached hydrogen (secondary N) is 1. The van der Waals surface area contributed by atoms with Crippen molar-refractivity contribution < 1.29 is 37.3 Å². The molecule has 2 N–H and O–H groups in total. The highest BCUT2D eigenvalue weighted by Gasteiger charge is 2.30. The first kappa shape index (κ1) is 72.5. The van der Waals surface area contributed by atoms with E-state index < -0.39 is 20.0 Å². The summed E-state index contributed by atoms with van der Waals surface area (Å²) in [7, 11) is 1.51. The molecule has 0 saturated heterocycles. The molecule has 0 aliphatic heterocycles. The van der Waals surface area contributed by atoms with Crippen LogP contribution in [0.5, 0.6) is 0 Å². The molecule has 74 heavy (non-hydrogen) atoms. The lowest BCUT2D eigenvalue weighted by Gasteiger charge is -2.27. The second-order valence-corrected chi connectivity index (χ2v) is 24.7. The number of hydrogen-bond acceptors (Lipinski definition) is 6. The molecule has 3 atom stereocenters. The molecule has 0 aromatic rings. The van der Waals surface area contributed by atoms with Crippen molar-refractivity contribution in [2.24, 2.45) is 0 Å². The van der Waals surface area contributed by atoms with Crippen LogP contribution in [0.1, 0.15) is 323 Å². The molecule has 0 aromatic heterocycles. The molecular formula is C64H126N2O7P+. The molecule has 10 heteroatoms. The van der Waals surface area contributed by atoms with Crippen LogP contribution in [0, 0.1) is 0 Å². The first-order valence-corrected chi connectivity index (χ1v) is 33.7. The number of rotatable bonds is 59. The van der Waals surface area contributed by atoms with Gasteiger partial charge < -0.3 is 19.4 Å². The molecule has 0 saturated carbocycles. The van der Waals surface area contributed by atoms with Crippen LogP contribution in [0.25, 0.3) is 0 Å². The molecule has 9 nitrogen and oxygen atoms in total. The molecule has 3 unspecified atom stereocenters. The van der Waals surface area contributed by atoms with E-state index in [-0.39, 0.29) is 25.1 Å². The van der Waals surface area contributed by atoms with Crippen LogP contribution in [-0.4, -0.2) is 74.3 Å². The number of amides is 1. The third-order valence-corrected chi connectivity index (χ3v) is 15.6. The van der Waals surface area contributed by atoms with Crippen molar-refractivity contribution in [3.8, 4) is 0 Å². The Balaban J connectivity index is 5.16. The van der Waals surface area contributed by atoms with Gasteiger partial charge in [-0.1, -0.05) is 277 Å². The zero-order valence-electron chi connectivity index (χ0n) is 50.1. The number of hydrogen-bond donors (Lipinski definition) is 2. The molecule has 0 heterocycles. The van der Waals surface area contributed by atoms with Crippen molar-refractivity contribution >= 4 is 19.7 Å². The minimum absolute atomic E-state index is 0.0439. The van der Waals surface area contributed by atoms with Gasteiger partial charge in [0.25, 0.3) is 0 Å². The molecule has 0 aliphatic rings. The van der Waals surface area contributed by atoms with Gasteiger partial charge in [-0.25, -0.2) is 4.57 Å². The van der Waals surface area contributed by atoms with Gasteiger partial charge in [0, 0.05) is 12.8 Å². The largest absolute Gasteiger partial charge is 0.472 e. The summed E-state index contributed by atoms with van der Waals surface area (Å²) in [6.45, 7) is 7.05. The monoisotopic (exact) mass is 1070 g/mol. The lowest BCUT2D eigenvalue weighted by molar-refractivity contribution is -0.870. The molecule has 0 bridgehead atoms. The summed E-state index contributed by atoms with van der Waals surface area (Å²) in [5.41, 5.74) is 0. The number of esters is 1. The Morgan fingerprint density at radius 2 is 0.784 bits per heavy atom. The number of phosphoric ester groups is 1. The summed E-state index contributed by atoms with van der Waals surface area (Å²) in [4.78, 5) is 37.7. The highest BCUT2D eigenvalue weighted by molar-refractivity contribution is 7.47. The fraction of sp³-hybridized carbons (Fsp3) is 0.906. The zero-order valence-corrected chi connectivity index (χ0v) is 51.0. The number of quaternary nitrogens is 1. The highest BCUT2D eigenvalue weighted by Crippen LogP contribution is 2.43. The Morgan fingerprint density at radius 3 is 1.15 bits per heavy atom. The molecular weight excluding hydrogens is 940 g/mol. The van der Waals surface area contributed by atoms with Gasteiger partial charge in [-0.3, -0.25) is 18.6 Å². The van der Waals surface area contributed by atoms with Crippen LogP contribution >= 0.6 is 7.82 Å². The average molecular weight is 1070 g/mol. The van der Waals surface area contributed by atoms with Gasteiger partial charge in [-0.2, -0.15) is 0 Å². The van der Waals surface area contributed by atoms with Gasteiger partial charge in [-0.15, -0.1) is 0 Å². The SMILES string of the molecule is CCCCCCCC/C=C/CCCCCCCCCCCCCC(=O)NC(COP(=O)(O)OCC[N+](C)(C)C)C(/C=C\CCCCCCCCCCCC)OC(=O)CCCCCCCCCCCCCCCCC. The van der Waals surface area contributed by atoms with Gasteiger partial charge in [-0.05, 0) is 57.4 Å². The Bertz CT molecular complexity index is 1320. The van der Waals surface area contributed by atoms with E-state index in [1.54, 1.807) is 0 Å². The number of unbranched alkanes of at least 4 members (excludes halogenated alkanes) is 41. The maximum absolute atomic E-state index is 13.6. The normalized spacial score (nSPS) is 13.8. The Kier molecular flexibility index (Phi) is 53.7. The van der Waals surface area contributed by atoms with E-state index in [0.29, 0.717) is 23.9 Å². The van der Waals surface area contributed by atoms with Crippen molar-refractivity contribution in [3.63, 3.8) is 0 Å². The number of allylic oxidation sites excluding steroid dienone is 3. The third-order valence-electron chi connectivity index (χ3n) is 14.6. The number of likely N-dealkylation sites (N-methyl/N-ethyl adjacent to an activating group) is 1. The molecule has 0 radical (unpaired) electrons. The fourth-order valence-electron chi connectivity index (χ4n) is 9.64. The average Bonchev–Trinajstić information content (AvgIpc) is 3.36. The highest BCUT2D eigenvalue weighted by atomic mass is 31.2. The predicted octanol–water partition coefficient (Wildman–Crippen LogP) is 19.7. The van der Waals surface area contributed by atoms with E-state index in [2.05, 4.69) is 38.2 Å². The molecule has 0 fully saturated rings. The van der Waals surface area contributed by atoms with Gasteiger partial charge in [0.1, 0.15) is 19.3 Å². The molecule has 1 amide bonds. The molecule has 438 valence electrons. The van der Waals surface area contributed by atoms with Gasteiger partial charge in [0.2, 0.25) is 5.91 Å². The van der Waals surface area contributed by atoms with Crippen molar-refractivity contribution in [2.45, 2.75) is 335 Å². The summed E-state index contributed by atoms with van der Waals surface area (Å²) in [5.74, 6) is -0.488. The van der Waals surface area contributed by atoms with E-state index >= 15 is 0 Å². The zero-order chi connectivity index (χ0) is 54.3. The maximum Gasteiger partial charge on any atom is 0.472 e. The van der Waals surface area contributed by atoms with Crippen molar-refractivity contribution in [2.75, 3.05) is 40.9 Å². The van der Waals surface area contributed by atoms with E-state index in [9.17, 15) is 19.0 Å². The van der Waals surface area contributed by atoms with Crippen molar-refractivity contribution in [3.05, 3.63) is 24.3 Å². The van der Waals surface area contributed by atoms with Gasteiger partial charge in [0.15, 0.2) is 0 Å². The van der Waals surface area contributed by atoms with E-state index in [1.807, 2.05) is 33.3 Å². The third kappa shape index (κ3) is 55.3. The van der Waals surface area contributed by atoms with Crippen molar-refractivity contribution in [1.29, 1.82) is 0 Å². The smallest absolute Gasteiger partial charge is 0.456 e. The van der Waals surface area contributed by atoms with Crippen LogP contribution in [-0.2, 0) is 27.9 Å². The first-order chi connectivity index (χ1) is 35.9. The minimum Gasteiger partial charge on any atom is -0.456 e. The number of nitrogens with zero attached hydrogens (tertiary/aromatic N) is 1. The molecule has 0 aliphatic carbocycles. The van der Waals surface area contributed by atoms with E-state index in [0.717, 1.165) is 57.8 Å². The van der Waals surface area contributed by atoms with Gasteiger partial charge >= 0.3 is 13.8 Å². The van der Waals surface area contributed by atoms with E-state index in [1.165, 1.54) is 231 Å². The van der Waals surface area contributed by atoms with Gasteiger partial charge in [0.05, 0.1) is 33.8 Å². The predicted molar refractivity (Wildman–Crippen MR) is 319 cm³/mol. The number of ether oxygens (including phenoxy) is 1.